The minimum Gasteiger partial charge on any atom is -0.504 e. The van der Waals surface area contributed by atoms with E-state index in [0.717, 1.165) is 25.2 Å². The highest BCUT2D eigenvalue weighted by atomic mass is 16.3. The minimum atomic E-state index is -0.609. The smallest absolute Gasteiger partial charge is 0.254 e. The average molecular weight is 238 g/mol. The summed E-state index contributed by atoms with van der Waals surface area (Å²) in [7, 11) is 0. The number of hydrogen-bond donors (Lipinski definition) is 4. The largest absolute Gasteiger partial charge is 0.504 e. The molecule has 6 nitrogen and oxygen atoms in total. The number of rotatable bonds is 1. The summed E-state index contributed by atoms with van der Waals surface area (Å²) >= 11 is 0. The van der Waals surface area contributed by atoms with E-state index in [1.54, 1.807) is 4.90 Å². The molecule has 1 heterocycles. The fourth-order valence-electron chi connectivity index (χ4n) is 1.78. The van der Waals surface area contributed by atoms with Crippen molar-refractivity contribution in [3.05, 3.63) is 17.7 Å². The summed E-state index contributed by atoms with van der Waals surface area (Å²) in [5, 5.41) is 31.0. The van der Waals surface area contributed by atoms with Gasteiger partial charge in [-0.25, -0.2) is 0 Å². The van der Waals surface area contributed by atoms with Gasteiger partial charge in [0.25, 0.3) is 5.91 Å². The summed E-state index contributed by atoms with van der Waals surface area (Å²) in [4.78, 5) is 13.6. The number of phenols is 3. The lowest BCUT2D eigenvalue weighted by Crippen LogP contribution is -2.46. The van der Waals surface area contributed by atoms with E-state index in [0.29, 0.717) is 13.1 Å². The van der Waals surface area contributed by atoms with Crippen molar-refractivity contribution in [1.29, 1.82) is 0 Å². The SMILES string of the molecule is O=C(c1cc(O)c(O)c(O)c1)N1CCNCC1. The third-order valence-electron chi connectivity index (χ3n) is 2.72. The topological polar surface area (TPSA) is 93.0 Å². The number of amides is 1. The maximum Gasteiger partial charge on any atom is 0.254 e. The molecule has 0 aliphatic carbocycles. The highest BCUT2D eigenvalue weighted by molar-refractivity contribution is 5.95. The van der Waals surface area contributed by atoms with Crippen molar-refractivity contribution in [2.24, 2.45) is 0 Å². The van der Waals surface area contributed by atoms with Gasteiger partial charge in [-0.1, -0.05) is 0 Å². The number of phenolic OH excluding ortho intramolecular Hbond substituents is 3. The van der Waals surface area contributed by atoms with Crippen LogP contribution in [-0.4, -0.2) is 52.3 Å². The number of aromatic hydroxyl groups is 3. The van der Waals surface area contributed by atoms with E-state index in [4.69, 9.17) is 0 Å². The van der Waals surface area contributed by atoms with Crippen LogP contribution >= 0.6 is 0 Å². The lowest BCUT2D eigenvalue weighted by molar-refractivity contribution is 0.0735. The molecule has 0 spiro atoms. The zero-order valence-corrected chi connectivity index (χ0v) is 9.18. The van der Waals surface area contributed by atoms with Gasteiger partial charge in [-0.05, 0) is 12.1 Å². The zero-order chi connectivity index (χ0) is 12.4. The Morgan fingerprint density at radius 1 is 1.12 bits per heavy atom. The monoisotopic (exact) mass is 238 g/mol. The third-order valence-corrected chi connectivity index (χ3v) is 2.72. The van der Waals surface area contributed by atoms with Crippen molar-refractivity contribution in [2.75, 3.05) is 26.2 Å². The summed E-state index contributed by atoms with van der Waals surface area (Å²) in [5.74, 6) is -1.87. The molecule has 1 aliphatic rings. The molecule has 1 saturated heterocycles. The first-order chi connectivity index (χ1) is 8.09. The van der Waals surface area contributed by atoms with Crippen molar-refractivity contribution in [3.8, 4) is 17.2 Å². The molecule has 0 atom stereocenters. The van der Waals surface area contributed by atoms with Gasteiger partial charge >= 0.3 is 0 Å². The molecule has 17 heavy (non-hydrogen) atoms. The second kappa shape index (κ2) is 4.50. The number of hydrogen-bond acceptors (Lipinski definition) is 5. The van der Waals surface area contributed by atoms with Gasteiger partial charge in [-0.3, -0.25) is 4.79 Å². The maximum absolute atomic E-state index is 12.0. The quantitative estimate of drug-likeness (QED) is 0.510. The average Bonchev–Trinajstić information content (AvgIpc) is 2.35. The summed E-state index contributed by atoms with van der Waals surface area (Å²) in [6, 6.07) is 2.30. The van der Waals surface area contributed by atoms with Gasteiger partial charge in [-0.15, -0.1) is 0 Å². The molecule has 1 aromatic rings. The van der Waals surface area contributed by atoms with Crippen LogP contribution in [-0.2, 0) is 0 Å². The van der Waals surface area contributed by atoms with Gasteiger partial charge in [0.1, 0.15) is 0 Å². The minimum absolute atomic E-state index is 0.166. The Morgan fingerprint density at radius 2 is 1.65 bits per heavy atom. The van der Waals surface area contributed by atoms with Crippen molar-refractivity contribution in [1.82, 2.24) is 10.2 Å². The predicted octanol–water partition coefficient (Wildman–Crippen LogP) is -0.151. The Bertz CT molecular complexity index is 418. The van der Waals surface area contributed by atoms with E-state index < -0.39 is 17.2 Å². The molecular formula is C11H14N2O4. The maximum atomic E-state index is 12.0. The molecule has 2 rings (SSSR count). The molecule has 92 valence electrons. The predicted molar refractivity (Wildman–Crippen MR) is 60.2 cm³/mol. The molecular weight excluding hydrogens is 224 g/mol. The Morgan fingerprint density at radius 3 is 2.18 bits per heavy atom. The molecule has 0 unspecified atom stereocenters. The van der Waals surface area contributed by atoms with Crippen molar-refractivity contribution in [3.63, 3.8) is 0 Å². The molecule has 0 radical (unpaired) electrons. The fraction of sp³-hybridized carbons (Fsp3) is 0.364. The zero-order valence-electron chi connectivity index (χ0n) is 9.18. The number of nitrogens with zero attached hydrogens (tertiary/aromatic N) is 1. The Labute approximate surface area is 98.1 Å². The van der Waals surface area contributed by atoms with Crippen molar-refractivity contribution < 1.29 is 20.1 Å². The molecule has 0 bridgehead atoms. The van der Waals surface area contributed by atoms with Crippen molar-refractivity contribution >= 4 is 5.91 Å². The van der Waals surface area contributed by atoms with E-state index in [9.17, 15) is 20.1 Å². The second-order valence-electron chi connectivity index (χ2n) is 3.91. The molecule has 1 aliphatic heterocycles. The molecule has 1 aromatic carbocycles. The van der Waals surface area contributed by atoms with Crippen LogP contribution in [0.25, 0.3) is 0 Å². The van der Waals surface area contributed by atoms with E-state index in [1.165, 1.54) is 0 Å². The highest BCUT2D eigenvalue weighted by Crippen LogP contribution is 2.35. The molecule has 1 amide bonds. The first kappa shape index (κ1) is 11.5. The number of benzene rings is 1. The van der Waals surface area contributed by atoms with Crippen LogP contribution in [0.5, 0.6) is 17.2 Å². The van der Waals surface area contributed by atoms with Crippen LogP contribution in [0.15, 0.2) is 12.1 Å². The molecule has 1 fully saturated rings. The molecule has 0 saturated carbocycles. The van der Waals surface area contributed by atoms with Gasteiger partial charge in [0.05, 0.1) is 0 Å². The van der Waals surface area contributed by atoms with E-state index in [-0.39, 0.29) is 11.5 Å². The summed E-state index contributed by atoms with van der Waals surface area (Å²) < 4.78 is 0. The standard InChI is InChI=1S/C11H14N2O4/c14-8-5-7(6-9(15)10(8)16)11(17)13-3-1-12-2-4-13/h5-6,12,14-16H,1-4H2. The van der Waals surface area contributed by atoms with Gasteiger partial charge in [0.15, 0.2) is 17.2 Å². The normalized spacial score (nSPS) is 15.9. The Kier molecular flexibility index (Phi) is 3.06. The summed E-state index contributed by atoms with van der Waals surface area (Å²) in [6.45, 7) is 2.62. The van der Waals surface area contributed by atoms with Crippen LogP contribution in [0, 0.1) is 0 Å². The van der Waals surface area contributed by atoms with Gasteiger partial charge in [-0.2, -0.15) is 0 Å². The van der Waals surface area contributed by atoms with Crippen LogP contribution < -0.4 is 5.32 Å². The molecule has 0 aromatic heterocycles. The highest BCUT2D eigenvalue weighted by Gasteiger charge is 2.20. The van der Waals surface area contributed by atoms with E-state index in [2.05, 4.69) is 5.32 Å². The van der Waals surface area contributed by atoms with E-state index >= 15 is 0 Å². The third kappa shape index (κ3) is 2.26. The lowest BCUT2D eigenvalue weighted by Gasteiger charge is -2.27. The Balaban J connectivity index is 2.24. The Hall–Kier alpha value is -1.95. The number of carbonyl (C=O) groups excluding carboxylic acids is 1. The molecule has 6 heteroatoms. The number of carbonyl (C=O) groups is 1. The van der Waals surface area contributed by atoms with Crippen LogP contribution in [0.4, 0.5) is 0 Å². The summed E-state index contributed by atoms with van der Waals surface area (Å²) in [5.41, 5.74) is 0.166. The summed E-state index contributed by atoms with van der Waals surface area (Å²) in [6.07, 6.45) is 0. The van der Waals surface area contributed by atoms with Crippen LogP contribution in [0.1, 0.15) is 10.4 Å². The molecule has 4 N–H and O–H groups in total. The number of nitrogens with one attached hydrogen (secondary N) is 1. The van der Waals surface area contributed by atoms with E-state index in [1.807, 2.05) is 0 Å². The first-order valence-electron chi connectivity index (χ1n) is 5.34. The number of piperazine rings is 1. The van der Waals surface area contributed by atoms with Gasteiger partial charge in [0, 0.05) is 31.7 Å². The van der Waals surface area contributed by atoms with Crippen LogP contribution in [0.2, 0.25) is 0 Å². The first-order valence-corrected chi connectivity index (χ1v) is 5.34. The van der Waals surface area contributed by atoms with Crippen molar-refractivity contribution in [2.45, 2.75) is 0 Å². The second-order valence-corrected chi connectivity index (χ2v) is 3.91. The van der Waals surface area contributed by atoms with Gasteiger partial charge < -0.3 is 25.5 Å². The van der Waals surface area contributed by atoms with Gasteiger partial charge in [0.2, 0.25) is 0 Å². The fourth-order valence-corrected chi connectivity index (χ4v) is 1.78. The van der Waals surface area contributed by atoms with Crippen LogP contribution in [0.3, 0.4) is 0 Å². The lowest BCUT2D eigenvalue weighted by atomic mass is 10.1.